The summed E-state index contributed by atoms with van der Waals surface area (Å²) >= 11 is 0. The number of carbonyl (C=O) groups is 3. The first kappa shape index (κ1) is 21.0. The molecule has 0 aliphatic rings. The van der Waals surface area contributed by atoms with Crippen molar-refractivity contribution in [3.05, 3.63) is 70.0 Å². The van der Waals surface area contributed by atoms with Gasteiger partial charge in [0.15, 0.2) is 6.61 Å². The molecule has 0 saturated carbocycles. The van der Waals surface area contributed by atoms with Crippen molar-refractivity contribution in [2.75, 3.05) is 11.9 Å². The van der Waals surface area contributed by atoms with Crippen LogP contribution in [-0.2, 0) is 14.4 Å². The quantitative estimate of drug-likeness (QED) is 0.358. The van der Waals surface area contributed by atoms with E-state index in [1.54, 1.807) is 0 Å². The van der Waals surface area contributed by atoms with Gasteiger partial charge in [-0.05, 0) is 30.3 Å². The van der Waals surface area contributed by atoms with E-state index in [1.807, 2.05) is 5.43 Å². The van der Waals surface area contributed by atoms with Crippen molar-refractivity contribution in [2.45, 2.75) is 0 Å². The number of nitrogens with zero attached hydrogens (tertiary/aromatic N) is 2. The lowest BCUT2D eigenvalue weighted by molar-refractivity contribution is -0.384. The van der Waals surface area contributed by atoms with E-state index >= 15 is 0 Å². The van der Waals surface area contributed by atoms with E-state index < -0.39 is 35.1 Å². The molecule has 0 aliphatic heterocycles. The van der Waals surface area contributed by atoms with E-state index in [1.165, 1.54) is 30.3 Å². The Kier molecular flexibility index (Phi) is 7.30. The summed E-state index contributed by atoms with van der Waals surface area (Å²) in [5, 5.41) is 16.3. The third-order valence-corrected chi connectivity index (χ3v) is 3.19. The second-order valence-electron chi connectivity index (χ2n) is 5.31. The van der Waals surface area contributed by atoms with E-state index in [0.717, 1.165) is 24.4 Å². The molecule has 0 bridgehead atoms. The minimum atomic E-state index is -0.767. The standard InChI is InChI=1S/C17H14FN5O6/c18-12-6-4-11(5-7-12)17(26)22-21-16(25)10-29-19-9-15(24)20-13-2-1-3-14(8-13)23(27)28/h1-9H,10H2,(H,20,24)(H,21,25)(H,22,26)/b19-9+. The Hall–Kier alpha value is -4.35. The number of benzene rings is 2. The molecule has 2 rings (SSSR count). The Bertz CT molecular complexity index is 948. The summed E-state index contributed by atoms with van der Waals surface area (Å²) < 4.78 is 12.8. The number of hydrogen-bond donors (Lipinski definition) is 3. The minimum Gasteiger partial charge on any atom is -0.385 e. The summed E-state index contributed by atoms with van der Waals surface area (Å²) in [7, 11) is 0. The first-order chi connectivity index (χ1) is 13.8. The normalized spacial score (nSPS) is 10.2. The van der Waals surface area contributed by atoms with Gasteiger partial charge in [-0.3, -0.25) is 35.3 Å². The number of nitro groups is 1. The molecule has 0 heterocycles. The molecule has 0 aliphatic carbocycles. The maximum Gasteiger partial charge on any atom is 0.279 e. The fourth-order valence-corrected chi connectivity index (χ4v) is 1.89. The molecule has 3 amide bonds. The maximum atomic E-state index is 12.8. The van der Waals surface area contributed by atoms with E-state index in [2.05, 4.69) is 20.7 Å². The molecule has 11 nitrogen and oxygen atoms in total. The molecular weight excluding hydrogens is 389 g/mol. The molecule has 0 saturated heterocycles. The Balaban J connectivity index is 1.71. The van der Waals surface area contributed by atoms with Gasteiger partial charge < -0.3 is 10.2 Å². The van der Waals surface area contributed by atoms with Crippen LogP contribution in [0.1, 0.15) is 10.4 Å². The van der Waals surface area contributed by atoms with Crippen LogP contribution in [0.2, 0.25) is 0 Å². The van der Waals surface area contributed by atoms with Crippen molar-refractivity contribution >= 4 is 35.3 Å². The highest BCUT2D eigenvalue weighted by Gasteiger charge is 2.09. The van der Waals surface area contributed by atoms with Gasteiger partial charge in [0, 0.05) is 23.4 Å². The van der Waals surface area contributed by atoms with Crippen molar-refractivity contribution in [1.82, 2.24) is 10.9 Å². The third-order valence-electron chi connectivity index (χ3n) is 3.19. The largest absolute Gasteiger partial charge is 0.385 e. The fourth-order valence-electron chi connectivity index (χ4n) is 1.89. The average Bonchev–Trinajstić information content (AvgIpc) is 2.70. The lowest BCUT2D eigenvalue weighted by Gasteiger charge is -2.06. The van der Waals surface area contributed by atoms with E-state index in [9.17, 15) is 28.9 Å². The van der Waals surface area contributed by atoms with E-state index in [0.29, 0.717) is 0 Å². The first-order valence-corrected chi connectivity index (χ1v) is 7.90. The first-order valence-electron chi connectivity index (χ1n) is 7.90. The minimum absolute atomic E-state index is 0.128. The molecule has 29 heavy (non-hydrogen) atoms. The van der Waals surface area contributed by atoms with Crippen molar-refractivity contribution in [3.63, 3.8) is 0 Å². The summed E-state index contributed by atoms with van der Waals surface area (Å²) in [5.74, 6) is -2.68. The Morgan fingerprint density at radius 3 is 2.55 bits per heavy atom. The van der Waals surface area contributed by atoms with Gasteiger partial charge in [0.2, 0.25) is 0 Å². The Morgan fingerprint density at radius 1 is 1.14 bits per heavy atom. The predicted octanol–water partition coefficient (Wildman–Crippen LogP) is 1.14. The molecule has 0 unspecified atom stereocenters. The molecule has 0 fully saturated rings. The molecule has 2 aromatic rings. The number of rotatable bonds is 7. The topological polar surface area (TPSA) is 152 Å². The van der Waals surface area contributed by atoms with Gasteiger partial charge in [-0.2, -0.15) is 0 Å². The lowest BCUT2D eigenvalue weighted by Crippen LogP contribution is -2.43. The van der Waals surface area contributed by atoms with Gasteiger partial charge in [-0.25, -0.2) is 4.39 Å². The molecule has 0 atom stereocenters. The zero-order valence-electron chi connectivity index (χ0n) is 14.6. The maximum absolute atomic E-state index is 12.8. The van der Waals surface area contributed by atoms with Crippen LogP contribution in [0.5, 0.6) is 0 Å². The smallest absolute Gasteiger partial charge is 0.279 e. The lowest BCUT2D eigenvalue weighted by atomic mass is 10.2. The van der Waals surface area contributed by atoms with Crippen molar-refractivity contribution in [1.29, 1.82) is 0 Å². The van der Waals surface area contributed by atoms with Crippen LogP contribution in [0.3, 0.4) is 0 Å². The molecule has 150 valence electrons. The molecule has 3 N–H and O–H groups in total. The number of oxime groups is 1. The fraction of sp³-hybridized carbons (Fsp3) is 0.0588. The summed E-state index contributed by atoms with van der Waals surface area (Å²) in [4.78, 5) is 49.5. The Morgan fingerprint density at radius 2 is 1.86 bits per heavy atom. The average molecular weight is 403 g/mol. The number of nitrogens with one attached hydrogen (secondary N) is 3. The molecule has 0 spiro atoms. The second kappa shape index (κ2) is 10.1. The monoisotopic (exact) mass is 403 g/mol. The second-order valence-corrected chi connectivity index (χ2v) is 5.31. The van der Waals surface area contributed by atoms with E-state index in [-0.39, 0.29) is 16.9 Å². The van der Waals surface area contributed by atoms with Crippen molar-refractivity contribution < 1.29 is 28.5 Å². The number of nitro benzene ring substituents is 1. The van der Waals surface area contributed by atoms with Crippen LogP contribution in [-0.4, -0.2) is 35.5 Å². The summed E-state index contributed by atoms with van der Waals surface area (Å²) in [6.45, 7) is -0.607. The highest BCUT2D eigenvalue weighted by molar-refractivity contribution is 6.31. The third kappa shape index (κ3) is 7.05. The molecule has 2 aromatic carbocycles. The number of anilines is 1. The number of carbonyl (C=O) groups excluding carboxylic acids is 3. The van der Waals surface area contributed by atoms with Crippen LogP contribution in [0, 0.1) is 15.9 Å². The van der Waals surface area contributed by atoms with Crippen molar-refractivity contribution in [2.24, 2.45) is 5.16 Å². The van der Waals surface area contributed by atoms with Gasteiger partial charge in [0.1, 0.15) is 12.0 Å². The van der Waals surface area contributed by atoms with Gasteiger partial charge in [-0.1, -0.05) is 11.2 Å². The summed E-state index contributed by atoms with van der Waals surface area (Å²) in [5.41, 5.74) is 4.24. The van der Waals surface area contributed by atoms with Crippen LogP contribution in [0.25, 0.3) is 0 Å². The number of halogens is 1. The predicted molar refractivity (Wildman–Crippen MR) is 98.2 cm³/mol. The van der Waals surface area contributed by atoms with Crippen LogP contribution in [0.15, 0.2) is 53.7 Å². The van der Waals surface area contributed by atoms with Crippen LogP contribution >= 0.6 is 0 Å². The molecule has 12 heteroatoms. The Labute approximate surface area is 162 Å². The highest BCUT2D eigenvalue weighted by atomic mass is 19.1. The van der Waals surface area contributed by atoms with Gasteiger partial charge in [0.25, 0.3) is 23.4 Å². The zero-order chi connectivity index (χ0) is 21.2. The van der Waals surface area contributed by atoms with Crippen LogP contribution < -0.4 is 16.2 Å². The van der Waals surface area contributed by atoms with Crippen molar-refractivity contribution in [3.8, 4) is 0 Å². The SMILES string of the molecule is O=C(/C=N/OCC(=O)NNC(=O)c1ccc(F)cc1)Nc1cccc([N+](=O)[O-])c1. The number of non-ortho nitro benzene ring substituents is 1. The van der Waals surface area contributed by atoms with Gasteiger partial charge in [-0.15, -0.1) is 0 Å². The van der Waals surface area contributed by atoms with Gasteiger partial charge in [0.05, 0.1) is 4.92 Å². The molecule has 0 aromatic heterocycles. The molecule has 0 radical (unpaired) electrons. The number of hydrogen-bond acceptors (Lipinski definition) is 7. The summed E-state index contributed by atoms with van der Waals surface area (Å²) in [6.07, 6.45) is 0.725. The zero-order valence-corrected chi connectivity index (χ0v) is 14.6. The highest BCUT2D eigenvalue weighted by Crippen LogP contribution is 2.16. The summed E-state index contributed by atoms with van der Waals surface area (Å²) in [6, 6.07) is 9.91. The number of hydrazine groups is 1. The van der Waals surface area contributed by atoms with Crippen LogP contribution in [0.4, 0.5) is 15.8 Å². The number of amides is 3. The van der Waals surface area contributed by atoms with E-state index in [4.69, 9.17) is 0 Å². The van der Waals surface area contributed by atoms with Gasteiger partial charge >= 0.3 is 0 Å². The molecular formula is C17H14FN5O6.